The number of rotatable bonds is 4. The van der Waals surface area contributed by atoms with Crippen LogP contribution in [0, 0.1) is 26.6 Å². The van der Waals surface area contributed by atoms with Crippen LogP contribution in [0.2, 0.25) is 0 Å². The van der Waals surface area contributed by atoms with Gasteiger partial charge in [-0.15, -0.1) is 0 Å². The van der Waals surface area contributed by atoms with E-state index in [-0.39, 0.29) is 196 Å². The number of pyridine rings is 8. The molecule has 0 fully saturated rings. The summed E-state index contributed by atoms with van der Waals surface area (Å²) in [6, 6.07) is 82.0. The number of aromatic nitrogens is 8. The van der Waals surface area contributed by atoms with E-state index in [1.807, 2.05) is 203 Å². The summed E-state index contributed by atoms with van der Waals surface area (Å²) in [4.78, 5) is 33.5. The fraction of sp³-hybridized carbons (Fsp3) is 0.0968. The van der Waals surface area contributed by atoms with Gasteiger partial charge in [-0.1, -0.05) is 198 Å². The third-order valence-corrected chi connectivity index (χ3v) is 17.7. The summed E-state index contributed by atoms with van der Waals surface area (Å²) in [6.07, 6.45) is 8.11. The number of benzene rings is 10. The predicted octanol–water partition coefficient (Wildman–Crippen LogP) is 22.1. The van der Waals surface area contributed by atoms with Gasteiger partial charge in [0.15, 0.2) is 0 Å². The summed E-state index contributed by atoms with van der Waals surface area (Å²) < 4.78 is 20.5. The van der Waals surface area contributed by atoms with Crippen molar-refractivity contribution in [3.63, 3.8) is 0 Å². The topological polar surface area (TPSA) is 265 Å². The number of halogens is 1. The molecule has 0 unspecified atom stereocenters. The zero-order valence-corrected chi connectivity index (χ0v) is 90.9. The summed E-state index contributed by atoms with van der Waals surface area (Å²) in [5.74, 6) is 2.03. The number of hydrogen-bond donors (Lipinski definition) is 8. The Kier molecular flexibility index (Phi) is 42.9. The number of aromatic hydroxyl groups is 8. The molecule has 0 saturated carbocycles. The molecule has 10 aromatic carbocycles. The zero-order chi connectivity index (χ0) is 78.7. The molecule has 0 aliphatic carbocycles. The predicted molar refractivity (Wildman–Crippen MR) is 440 cm³/mol. The quantitative estimate of drug-likeness (QED) is 0.0762. The van der Waals surface area contributed by atoms with Gasteiger partial charge in [-0.05, 0) is 164 Å². The third kappa shape index (κ3) is 26.6. The molecule has 25 heteroatoms. The molecule has 0 amide bonds. The molecule has 8 N–H and O–H groups in total. The molecule has 0 saturated heterocycles. The van der Waals surface area contributed by atoms with Crippen molar-refractivity contribution >= 4 is 87.2 Å². The SMILES string of the molecule is CC(C)c1ccc2cccc(O)c2n1.CC(C)c1ccc2cccnc2c1O.Cc1ccc(O)c2ncccc12.Cc1ccc2ccc(C)c(O)c2n1.Oc1ccc(-c2ccccc2)c2cccnc12.Oc1ccc(F)c2cccnc12.Oc1cccc2ccc(-c3ccccc3)nc12.[2H]c1ccnc2c(O)cccc12.[Zn].[Zn].[Zn].[Zn].[Zn].[Zn].[Zn].[Zn]. The Balaban J connectivity index is 0.000000349. The van der Waals surface area contributed by atoms with E-state index in [9.17, 15) is 45.2 Å². The van der Waals surface area contributed by atoms with Crippen molar-refractivity contribution in [3.05, 3.63) is 338 Å². The van der Waals surface area contributed by atoms with Gasteiger partial charge in [-0.3, -0.25) is 24.9 Å². The fourth-order valence-electron chi connectivity index (χ4n) is 11.8. The van der Waals surface area contributed by atoms with Crippen LogP contribution in [0.5, 0.6) is 46.0 Å². The van der Waals surface area contributed by atoms with Gasteiger partial charge in [0.05, 0.1) is 7.06 Å². The van der Waals surface area contributed by atoms with Crippen LogP contribution in [0.3, 0.4) is 0 Å². The number of nitrogens with zero attached hydrogens (tertiary/aromatic N) is 8. The fourth-order valence-corrected chi connectivity index (χ4v) is 11.8. The number of aryl methyl sites for hydroxylation is 3. The van der Waals surface area contributed by atoms with Gasteiger partial charge < -0.3 is 40.9 Å². The van der Waals surface area contributed by atoms with Crippen LogP contribution in [-0.4, -0.2) is 80.7 Å². The minimum atomic E-state index is -0.365. The Morgan fingerprint density at radius 2 is 0.703 bits per heavy atom. The Labute approximate surface area is 787 Å². The first-order chi connectivity index (χ1) is 53.6. The van der Waals surface area contributed by atoms with Gasteiger partial charge in [0.25, 0.3) is 0 Å². The van der Waals surface area contributed by atoms with E-state index in [1.165, 1.54) is 24.5 Å². The standard InChI is InChI=1S/2C15H11NO.2C12H13NO.C11H11NO.C10H9NO.C9H6FNO.C9H7NO.8Zn/c17-14-9-8-12(11-5-2-1-3-6-11)13-7-4-10-16-15(13)14;17-14-8-4-7-12-9-10-13(16-15(12)14)11-5-2-1-3-6-11;1-8(2)10-6-5-9-4-3-7-13-11(9)12(10)14;1-8(2)10-7-6-9-4-3-5-11(14)12(9)13-10;1-7-3-5-9-6-4-8(2)12-10(9)11(7)13;1-7-4-5-9(12)10-8(7)3-2-6-11-10;10-7-3-4-8(12)9-6(7)2-1-5-11-9;11-8-5-1-3-7-4-2-6-10-9(7)8;;;;;;;;/h2*1-10,17H;2*3-8,14H,1-2H3;3-6,13H,1-2H3;2-6,12H,1H3;1-5,12H;1-6,11H;;;;;;;;/i;;;;;;;4D;;;;;;;;. The Hall–Kier alpha value is -9.20. The van der Waals surface area contributed by atoms with Crippen molar-refractivity contribution in [2.24, 2.45) is 0 Å². The molecular formula is C93H81FN8O8Zn8. The smallest absolute Gasteiger partial charge is 0.145 e. The number of phenolic OH excluding ortho intramolecular Hbond substituents is 8. The zero-order valence-electron chi connectivity index (χ0n) is 68.1. The second-order valence-corrected chi connectivity index (χ2v) is 26.1. The average Bonchev–Trinajstić information content (AvgIpc) is 0.788. The second-order valence-electron chi connectivity index (χ2n) is 26.1. The van der Waals surface area contributed by atoms with Crippen LogP contribution in [0.15, 0.2) is 304 Å². The van der Waals surface area contributed by atoms with E-state index in [4.69, 9.17) is 1.37 Å². The molecule has 0 spiro atoms. The molecule has 0 radical (unpaired) electrons. The van der Waals surface area contributed by atoms with Gasteiger partial charge in [-0.2, -0.15) is 0 Å². The number of fused-ring (bicyclic) bond motifs is 8. The largest absolute Gasteiger partial charge is 0.506 e. The van der Waals surface area contributed by atoms with E-state index >= 15 is 0 Å². The van der Waals surface area contributed by atoms with Crippen LogP contribution in [0.4, 0.5) is 4.39 Å². The van der Waals surface area contributed by atoms with E-state index in [0.29, 0.717) is 84.3 Å². The maximum atomic E-state index is 13.0. The van der Waals surface area contributed by atoms with Crippen LogP contribution < -0.4 is 0 Å². The van der Waals surface area contributed by atoms with Crippen LogP contribution >= 0.6 is 0 Å². The minimum Gasteiger partial charge on any atom is -0.506 e. The number of para-hydroxylation sites is 3. The van der Waals surface area contributed by atoms with E-state index in [1.54, 1.807) is 79.3 Å². The molecule has 18 rings (SSSR count). The van der Waals surface area contributed by atoms with E-state index in [2.05, 4.69) is 79.7 Å². The molecule has 564 valence electrons. The molecule has 16 nitrogen and oxygen atoms in total. The van der Waals surface area contributed by atoms with Gasteiger partial charge in [0.1, 0.15) is 95.9 Å². The third-order valence-electron chi connectivity index (χ3n) is 17.7. The number of phenols is 8. The normalized spacial score (nSPS) is 10.0. The van der Waals surface area contributed by atoms with E-state index in [0.717, 1.165) is 82.8 Å². The van der Waals surface area contributed by atoms with Crippen molar-refractivity contribution in [2.75, 3.05) is 0 Å². The number of hydrogen-bond acceptors (Lipinski definition) is 16. The molecule has 18 aromatic rings. The first-order valence-corrected chi connectivity index (χ1v) is 35.4. The Morgan fingerprint density at radius 1 is 0.288 bits per heavy atom. The molecule has 118 heavy (non-hydrogen) atoms. The Bertz CT molecular complexity index is 6020. The summed E-state index contributed by atoms with van der Waals surface area (Å²) in [7, 11) is 0. The molecule has 0 bridgehead atoms. The van der Waals surface area contributed by atoms with Gasteiger partial charge >= 0.3 is 0 Å². The average molecular weight is 1980 g/mol. The van der Waals surface area contributed by atoms with E-state index < -0.39 is 0 Å². The molecule has 8 heterocycles. The Morgan fingerprint density at radius 3 is 1.27 bits per heavy atom. The maximum Gasteiger partial charge on any atom is 0.145 e. The van der Waals surface area contributed by atoms with Crippen LogP contribution in [0.1, 0.15) is 69.0 Å². The van der Waals surface area contributed by atoms with Crippen molar-refractivity contribution in [2.45, 2.75) is 60.3 Å². The summed E-state index contributed by atoms with van der Waals surface area (Å²) in [5, 5.41) is 83.8. The monoisotopic (exact) mass is 1970 g/mol. The summed E-state index contributed by atoms with van der Waals surface area (Å²) >= 11 is 0. The van der Waals surface area contributed by atoms with Gasteiger partial charge in [0.2, 0.25) is 0 Å². The second kappa shape index (κ2) is 50.0. The summed E-state index contributed by atoms with van der Waals surface area (Å²) in [5.41, 5.74) is 13.9. The van der Waals surface area contributed by atoms with Crippen molar-refractivity contribution < 1.29 is 202 Å². The maximum absolute atomic E-state index is 13.0. The van der Waals surface area contributed by atoms with Crippen molar-refractivity contribution in [1.29, 1.82) is 0 Å². The molecule has 0 aliphatic rings. The molecular weight excluding hydrogens is 1900 g/mol. The van der Waals surface area contributed by atoms with Crippen molar-refractivity contribution in [1.82, 2.24) is 39.9 Å². The molecule has 0 atom stereocenters. The molecule has 8 aromatic heterocycles. The van der Waals surface area contributed by atoms with Gasteiger partial charge in [-0.25, -0.2) is 19.3 Å². The van der Waals surface area contributed by atoms with Crippen LogP contribution in [0.25, 0.3) is 110 Å². The first-order valence-electron chi connectivity index (χ1n) is 35.9. The molecule has 0 aliphatic heterocycles. The van der Waals surface area contributed by atoms with Gasteiger partial charge in [0, 0.05) is 247 Å². The first kappa shape index (κ1) is 101. The minimum absolute atomic E-state index is 0. The summed E-state index contributed by atoms with van der Waals surface area (Å²) in [6.45, 7) is 14.1. The van der Waals surface area contributed by atoms with Crippen LogP contribution in [-0.2, 0) is 156 Å². The van der Waals surface area contributed by atoms with Crippen molar-refractivity contribution in [3.8, 4) is 68.4 Å².